The lowest BCUT2D eigenvalue weighted by molar-refractivity contribution is 0.111. The predicted octanol–water partition coefficient (Wildman–Crippen LogP) is 2.73. The zero-order valence-corrected chi connectivity index (χ0v) is 15.6. The Labute approximate surface area is 150 Å². The van der Waals surface area contributed by atoms with Crippen LogP contribution in [0.15, 0.2) is 24.3 Å². The first-order valence-electron chi connectivity index (χ1n) is 8.72. The number of piperazine rings is 1. The van der Waals surface area contributed by atoms with Crippen LogP contribution >= 0.6 is 11.6 Å². The SMILES string of the molecule is CCC(C)NC(=O)NCC(c1ccc(Cl)cc1)N1CCN(C)CC1. The summed E-state index contributed by atoms with van der Waals surface area (Å²) in [6.45, 7) is 8.75. The molecule has 2 rings (SSSR count). The zero-order valence-electron chi connectivity index (χ0n) is 14.9. The molecule has 2 unspecified atom stereocenters. The summed E-state index contributed by atoms with van der Waals surface area (Å²) in [5.41, 5.74) is 1.19. The van der Waals surface area contributed by atoms with E-state index in [2.05, 4.69) is 46.5 Å². The Balaban J connectivity index is 2.02. The molecule has 0 bridgehead atoms. The number of hydrogen-bond acceptors (Lipinski definition) is 3. The molecule has 1 aromatic rings. The van der Waals surface area contributed by atoms with Crippen LogP contribution in [0.3, 0.4) is 0 Å². The van der Waals surface area contributed by atoms with Crippen LogP contribution in [0.2, 0.25) is 5.02 Å². The van der Waals surface area contributed by atoms with Crippen LogP contribution in [0.25, 0.3) is 0 Å². The van der Waals surface area contributed by atoms with Gasteiger partial charge in [0.15, 0.2) is 0 Å². The molecular formula is C18H29ClN4O. The Morgan fingerprint density at radius 2 is 1.83 bits per heavy atom. The lowest BCUT2D eigenvalue weighted by Crippen LogP contribution is -2.50. The van der Waals surface area contributed by atoms with E-state index in [4.69, 9.17) is 11.6 Å². The fraction of sp³-hybridized carbons (Fsp3) is 0.611. The number of halogens is 1. The summed E-state index contributed by atoms with van der Waals surface area (Å²) in [4.78, 5) is 16.8. The summed E-state index contributed by atoms with van der Waals surface area (Å²) in [6, 6.07) is 8.19. The number of rotatable bonds is 6. The van der Waals surface area contributed by atoms with Crippen molar-refractivity contribution in [2.45, 2.75) is 32.4 Å². The molecule has 0 saturated carbocycles. The highest BCUT2D eigenvalue weighted by atomic mass is 35.5. The van der Waals surface area contributed by atoms with Gasteiger partial charge in [-0.3, -0.25) is 4.90 Å². The van der Waals surface area contributed by atoms with Crippen molar-refractivity contribution in [2.75, 3.05) is 39.8 Å². The van der Waals surface area contributed by atoms with E-state index in [0.717, 1.165) is 37.6 Å². The van der Waals surface area contributed by atoms with Gasteiger partial charge >= 0.3 is 6.03 Å². The first-order valence-corrected chi connectivity index (χ1v) is 9.09. The third kappa shape index (κ3) is 5.65. The van der Waals surface area contributed by atoms with Crippen molar-refractivity contribution in [1.82, 2.24) is 20.4 Å². The van der Waals surface area contributed by atoms with Crippen LogP contribution < -0.4 is 10.6 Å². The van der Waals surface area contributed by atoms with Crippen LogP contribution in [0.1, 0.15) is 31.9 Å². The van der Waals surface area contributed by atoms with Gasteiger partial charge in [0, 0.05) is 43.8 Å². The third-order valence-electron chi connectivity index (χ3n) is 4.68. The van der Waals surface area contributed by atoms with Crippen molar-refractivity contribution >= 4 is 17.6 Å². The fourth-order valence-electron chi connectivity index (χ4n) is 2.84. The predicted molar refractivity (Wildman–Crippen MR) is 99.6 cm³/mol. The number of benzene rings is 1. The number of amides is 2. The maximum Gasteiger partial charge on any atom is 0.315 e. The van der Waals surface area contributed by atoms with Gasteiger partial charge in [-0.15, -0.1) is 0 Å². The molecule has 2 N–H and O–H groups in total. The number of nitrogens with one attached hydrogen (secondary N) is 2. The van der Waals surface area contributed by atoms with Crippen molar-refractivity contribution in [3.8, 4) is 0 Å². The van der Waals surface area contributed by atoms with Gasteiger partial charge in [-0.05, 0) is 38.1 Å². The second kappa shape index (κ2) is 9.25. The highest BCUT2D eigenvalue weighted by Crippen LogP contribution is 2.23. The van der Waals surface area contributed by atoms with Crippen molar-refractivity contribution in [3.05, 3.63) is 34.9 Å². The molecule has 1 aliphatic heterocycles. The number of hydrogen-bond donors (Lipinski definition) is 2. The normalized spacial score (nSPS) is 18.8. The Kier molecular flexibility index (Phi) is 7.34. The number of carbonyl (C=O) groups excluding carboxylic acids is 1. The van der Waals surface area contributed by atoms with E-state index in [1.807, 2.05) is 19.1 Å². The van der Waals surface area contributed by atoms with Gasteiger partial charge in [-0.1, -0.05) is 30.7 Å². The van der Waals surface area contributed by atoms with Gasteiger partial charge in [0.25, 0.3) is 0 Å². The maximum atomic E-state index is 12.1. The summed E-state index contributed by atoms with van der Waals surface area (Å²) in [5.74, 6) is 0. The Hall–Kier alpha value is -1.30. The van der Waals surface area contributed by atoms with Crippen LogP contribution in [0.4, 0.5) is 4.79 Å². The van der Waals surface area contributed by atoms with E-state index in [1.165, 1.54) is 5.56 Å². The van der Waals surface area contributed by atoms with Gasteiger partial charge in [-0.2, -0.15) is 0 Å². The standard InChI is InChI=1S/C18H29ClN4O/c1-4-14(2)21-18(24)20-13-17(15-5-7-16(19)8-6-15)23-11-9-22(3)10-12-23/h5-8,14,17H,4,9-13H2,1-3H3,(H2,20,21,24). The van der Waals surface area contributed by atoms with E-state index in [9.17, 15) is 4.79 Å². The molecule has 1 aliphatic rings. The molecule has 0 aliphatic carbocycles. The molecule has 1 heterocycles. The summed E-state index contributed by atoms with van der Waals surface area (Å²) < 4.78 is 0. The molecule has 0 aromatic heterocycles. The lowest BCUT2D eigenvalue weighted by Gasteiger charge is -2.38. The zero-order chi connectivity index (χ0) is 17.5. The van der Waals surface area contributed by atoms with Gasteiger partial charge in [0.2, 0.25) is 0 Å². The minimum absolute atomic E-state index is 0.0996. The molecule has 134 valence electrons. The molecule has 5 nitrogen and oxygen atoms in total. The lowest BCUT2D eigenvalue weighted by atomic mass is 10.0. The molecule has 1 fully saturated rings. The van der Waals surface area contributed by atoms with Crippen molar-refractivity contribution in [3.63, 3.8) is 0 Å². The van der Waals surface area contributed by atoms with Crippen molar-refractivity contribution in [1.29, 1.82) is 0 Å². The smallest absolute Gasteiger partial charge is 0.315 e. The molecule has 0 spiro atoms. The first-order chi connectivity index (χ1) is 11.5. The highest BCUT2D eigenvalue weighted by Gasteiger charge is 2.24. The van der Waals surface area contributed by atoms with Crippen molar-refractivity contribution in [2.24, 2.45) is 0 Å². The average Bonchev–Trinajstić information content (AvgIpc) is 2.58. The van der Waals surface area contributed by atoms with E-state index < -0.39 is 0 Å². The minimum Gasteiger partial charge on any atom is -0.336 e. The second-order valence-corrected chi connectivity index (χ2v) is 7.01. The monoisotopic (exact) mass is 352 g/mol. The molecule has 1 saturated heterocycles. The third-order valence-corrected chi connectivity index (χ3v) is 4.93. The second-order valence-electron chi connectivity index (χ2n) is 6.57. The average molecular weight is 353 g/mol. The van der Waals surface area contributed by atoms with Crippen LogP contribution in [0.5, 0.6) is 0 Å². The van der Waals surface area contributed by atoms with Gasteiger partial charge in [-0.25, -0.2) is 4.79 Å². The van der Waals surface area contributed by atoms with Gasteiger partial charge in [0.05, 0.1) is 6.04 Å². The van der Waals surface area contributed by atoms with E-state index >= 15 is 0 Å². The van der Waals surface area contributed by atoms with Crippen molar-refractivity contribution < 1.29 is 4.79 Å². The fourth-order valence-corrected chi connectivity index (χ4v) is 2.97. The van der Waals surface area contributed by atoms with E-state index in [-0.39, 0.29) is 18.1 Å². The van der Waals surface area contributed by atoms with E-state index in [0.29, 0.717) is 6.54 Å². The molecule has 2 amide bonds. The van der Waals surface area contributed by atoms with Gasteiger partial charge < -0.3 is 15.5 Å². The Morgan fingerprint density at radius 1 is 1.21 bits per heavy atom. The highest BCUT2D eigenvalue weighted by molar-refractivity contribution is 6.30. The molecular weight excluding hydrogens is 324 g/mol. The van der Waals surface area contributed by atoms with Crippen LogP contribution in [-0.2, 0) is 0 Å². The van der Waals surface area contributed by atoms with Crippen LogP contribution in [-0.4, -0.2) is 61.6 Å². The summed E-state index contributed by atoms with van der Waals surface area (Å²) in [6.07, 6.45) is 0.923. The maximum absolute atomic E-state index is 12.1. The Bertz CT molecular complexity index is 514. The quantitative estimate of drug-likeness (QED) is 0.827. The molecule has 0 radical (unpaired) electrons. The van der Waals surface area contributed by atoms with Crippen LogP contribution in [0, 0.1) is 0 Å². The largest absolute Gasteiger partial charge is 0.336 e. The number of urea groups is 1. The number of likely N-dealkylation sites (N-methyl/N-ethyl adjacent to an activating group) is 1. The Morgan fingerprint density at radius 3 is 2.42 bits per heavy atom. The number of carbonyl (C=O) groups is 1. The molecule has 6 heteroatoms. The topological polar surface area (TPSA) is 47.6 Å². The molecule has 24 heavy (non-hydrogen) atoms. The summed E-state index contributed by atoms with van der Waals surface area (Å²) in [7, 11) is 2.15. The number of nitrogens with zero attached hydrogens (tertiary/aromatic N) is 2. The summed E-state index contributed by atoms with van der Waals surface area (Å²) >= 11 is 6.02. The molecule has 2 atom stereocenters. The first kappa shape index (κ1) is 19.0. The molecule has 1 aromatic carbocycles. The summed E-state index contributed by atoms with van der Waals surface area (Å²) in [5, 5.41) is 6.72. The van der Waals surface area contributed by atoms with E-state index in [1.54, 1.807) is 0 Å². The van der Waals surface area contributed by atoms with Gasteiger partial charge in [0.1, 0.15) is 0 Å². The minimum atomic E-state index is -0.0996.